The van der Waals surface area contributed by atoms with Crippen LogP contribution in [0.15, 0.2) is 223 Å². The molecule has 0 heterocycles. The normalized spacial score (nSPS) is 11.0. The maximum Gasteiger partial charge on any atom is 0.0406 e. The highest BCUT2D eigenvalue weighted by Crippen LogP contribution is 2.56. The van der Waals surface area contributed by atoms with Gasteiger partial charge in [-0.15, -0.1) is 0 Å². The molecule has 2 heteroatoms. The van der Waals surface area contributed by atoms with E-state index in [0.717, 1.165) is 49.0 Å². The van der Waals surface area contributed by atoms with Crippen molar-refractivity contribution in [3.8, 4) is 89.0 Å². The van der Waals surface area contributed by atoms with E-state index in [-0.39, 0.29) is 0 Å². The monoisotopic (exact) mass is 798 g/mol. The van der Waals surface area contributed by atoms with Crippen molar-refractivity contribution >= 4 is 27.5 Å². The molecule has 0 bridgehead atoms. The summed E-state index contributed by atoms with van der Waals surface area (Å²) in [5, 5.41) is 0.702. The lowest BCUT2D eigenvalue weighted by molar-refractivity contribution is 1.51. The average Bonchev–Trinajstić information content (AvgIpc) is 3.27. The fraction of sp³-hybridized carbons (Fsp3) is 0. The van der Waals surface area contributed by atoms with Gasteiger partial charge in [0.2, 0.25) is 0 Å². The molecule has 0 radical (unpaired) electrons. The van der Waals surface area contributed by atoms with E-state index >= 15 is 0 Å². The van der Waals surface area contributed by atoms with Gasteiger partial charge in [0.15, 0.2) is 0 Å². The van der Waals surface area contributed by atoms with E-state index in [0.29, 0.717) is 5.02 Å². The second-order valence-corrected chi connectivity index (χ2v) is 15.2. The fourth-order valence-electron chi connectivity index (χ4n) is 7.84. The van der Waals surface area contributed by atoms with E-state index in [9.17, 15) is 0 Å². The van der Waals surface area contributed by atoms with Gasteiger partial charge < -0.3 is 0 Å². The highest BCUT2D eigenvalue weighted by molar-refractivity contribution is 9.10. The molecular weight excluding hydrogens is 764 g/mol. The minimum atomic E-state index is 0.702. The molecule has 0 spiro atoms. The first-order chi connectivity index (χ1) is 27.6. The van der Waals surface area contributed by atoms with Gasteiger partial charge in [0.1, 0.15) is 0 Å². The molecule has 0 aliphatic heterocycles. The van der Waals surface area contributed by atoms with Crippen molar-refractivity contribution < 1.29 is 0 Å². The predicted octanol–water partition coefficient (Wildman–Crippen LogP) is 16.4. The van der Waals surface area contributed by atoms with Gasteiger partial charge >= 0.3 is 0 Å². The number of hydrogen-bond donors (Lipinski definition) is 0. The van der Waals surface area contributed by atoms with Crippen LogP contribution in [0.2, 0.25) is 5.02 Å². The molecule has 0 N–H and O–H groups in total. The van der Waals surface area contributed by atoms with E-state index in [1.54, 1.807) is 0 Å². The molecule has 0 saturated carbocycles. The molecule has 0 atom stereocenters. The minimum absolute atomic E-state index is 0.702. The van der Waals surface area contributed by atoms with Crippen LogP contribution in [-0.2, 0) is 0 Å². The predicted molar refractivity (Wildman–Crippen MR) is 243 cm³/mol. The Bertz CT molecular complexity index is 2530. The summed E-state index contributed by atoms with van der Waals surface area (Å²) in [5.74, 6) is 0. The van der Waals surface area contributed by atoms with Crippen LogP contribution in [0.5, 0.6) is 0 Å². The van der Waals surface area contributed by atoms with Gasteiger partial charge in [-0.25, -0.2) is 0 Å². The van der Waals surface area contributed by atoms with Crippen LogP contribution in [0.1, 0.15) is 0 Å². The number of benzene rings is 9. The Morgan fingerprint density at radius 1 is 0.214 bits per heavy atom. The Kier molecular flexibility index (Phi) is 10.0. The summed E-state index contributed by atoms with van der Waals surface area (Å²) in [5.41, 5.74) is 18.5. The molecule has 0 amide bonds. The molecule has 0 aromatic heterocycles. The van der Waals surface area contributed by atoms with E-state index < -0.39 is 0 Å². The largest absolute Gasteiger partial charge is 0.0843 e. The zero-order valence-electron chi connectivity index (χ0n) is 30.5. The van der Waals surface area contributed by atoms with Gasteiger partial charge in [0.25, 0.3) is 0 Å². The first-order valence-electron chi connectivity index (χ1n) is 18.8. The molecular formula is C54H36BrCl. The molecule has 0 unspecified atom stereocenters. The van der Waals surface area contributed by atoms with Crippen molar-refractivity contribution in [2.75, 3.05) is 0 Å². The zero-order valence-corrected chi connectivity index (χ0v) is 32.9. The standard InChI is InChI=1S/C54H36BrCl/c55-47-33-29-45(30-34-47)53-51(43-25-21-39(22-26-43)37-13-5-1-6-14-37)49(41-17-9-3-10-18-41)50(42-19-11-4-12-20-42)52(54(53)46-31-35-48(56)36-32-46)44-27-23-40(24-28-44)38-15-7-2-8-16-38/h1-36H. The Morgan fingerprint density at radius 3 is 0.714 bits per heavy atom. The summed E-state index contributed by atoms with van der Waals surface area (Å²) in [6, 6.07) is 78.2. The molecule has 9 aromatic rings. The van der Waals surface area contributed by atoms with Crippen molar-refractivity contribution in [3.63, 3.8) is 0 Å². The van der Waals surface area contributed by atoms with Crippen molar-refractivity contribution in [1.82, 2.24) is 0 Å². The minimum Gasteiger partial charge on any atom is -0.0843 e. The Labute approximate surface area is 342 Å². The highest BCUT2D eigenvalue weighted by Gasteiger charge is 2.29. The quantitative estimate of drug-likeness (QED) is 0.144. The van der Waals surface area contributed by atoms with Gasteiger partial charge in [0, 0.05) is 9.50 Å². The summed E-state index contributed by atoms with van der Waals surface area (Å²) in [6.45, 7) is 0. The SMILES string of the molecule is Clc1ccc(-c2c(-c3ccc(Br)cc3)c(-c3ccc(-c4ccccc4)cc3)c(-c3ccccc3)c(-c3ccccc3)c2-c2ccc(-c3ccccc3)cc2)cc1. The zero-order chi connectivity index (χ0) is 37.8. The van der Waals surface area contributed by atoms with Crippen molar-refractivity contribution in [3.05, 3.63) is 228 Å². The van der Waals surface area contributed by atoms with Crippen molar-refractivity contribution in [1.29, 1.82) is 0 Å². The van der Waals surface area contributed by atoms with Crippen molar-refractivity contribution in [2.45, 2.75) is 0 Å². The molecule has 0 aliphatic rings. The van der Waals surface area contributed by atoms with Crippen LogP contribution in [0.3, 0.4) is 0 Å². The summed E-state index contributed by atoms with van der Waals surface area (Å²) >= 11 is 10.4. The van der Waals surface area contributed by atoms with Crippen LogP contribution in [0, 0.1) is 0 Å². The first kappa shape index (κ1) is 35.5. The topological polar surface area (TPSA) is 0 Å². The fourth-order valence-corrected chi connectivity index (χ4v) is 8.24. The summed E-state index contributed by atoms with van der Waals surface area (Å²) in [4.78, 5) is 0. The highest BCUT2D eigenvalue weighted by atomic mass is 79.9. The second-order valence-electron chi connectivity index (χ2n) is 13.9. The number of halogens is 2. The van der Waals surface area contributed by atoms with Gasteiger partial charge in [-0.05, 0) is 113 Å². The number of hydrogen-bond acceptors (Lipinski definition) is 0. The van der Waals surface area contributed by atoms with E-state index in [2.05, 4.69) is 222 Å². The summed E-state index contributed by atoms with van der Waals surface area (Å²) in [6.07, 6.45) is 0. The lowest BCUT2D eigenvalue weighted by Crippen LogP contribution is -2.02. The van der Waals surface area contributed by atoms with Crippen molar-refractivity contribution in [2.24, 2.45) is 0 Å². The first-order valence-corrected chi connectivity index (χ1v) is 20.0. The van der Waals surface area contributed by atoms with E-state index in [4.69, 9.17) is 11.6 Å². The summed E-state index contributed by atoms with van der Waals surface area (Å²) in [7, 11) is 0. The van der Waals surface area contributed by atoms with Gasteiger partial charge in [-0.1, -0.05) is 222 Å². The third-order valence-corrected chi connectivity index (χ3v) is 11.2. The molecule has 0 nitrogen and oxygen atoms in total. The molecule has 9 aromatic carbocycles. The smallest absolute Gasteiger partial charge is 0.0406 e. The molecule has 9 rings (SSSR count). The maximum atomic E-state index is 6.63. The lowest BCUT2D eigenvalue weighted by Gasteiger charge is -2.29. The second kappa shape index (κ2) is 15.8. The van der Waals surface area contributed by atoms with Crippen LogP contribution >= 0.6 is 27.5 Å². The molecule has 0 fully saturated rings. The van der Waals surface area contributed by atoms with Gasteiger partial charge in [-0.2, -0.15) is 0 Å². The third-order valence-electron chi connectivity index (χ3n) is 10.5. The molecule has 266 valence electrons. The van der Waals surface area contributed by atoms with Crippen LogP contribution in [0.4, 0.5) is 0 Å². The summed E-state index contributed by atoms with van der Waals surface area (Å²) < 4.78 is 1.03. The van der Waals surface area contributed by atoms with Gasteiger partial charge in [-0.3, -0.25) is 0 Å². The molecule has 0 saturated heterocycles. The molecule has 56 heavy (non-hydrogen) atoms. The van der Waals surface area contributed by atoms with Gasteiger partial charge in [0.05, 0.1) is 0 Å². The average molecular weight is 800 g/mol. The molecule has 0 aliphatic carbocycles. The third kappa shape index (κ3) is 7.04. The van der Waals surface area contributed by atoms with Crippen LogP contribution in [0.25, 0.3) is 89.0 Å². The lowest BCUT2D eigenvalue weighted by atomic mass is 9.74. The number of rotatable bonds is 8. The Morgan fingerprint density at radius 2 is 0.411 bits per heavy atom. The van der Waals surface area contributed by atoms with Crippen LogP contribution < -0.4 is 0 Å². The van der Waals surface area contributed by atoms with E-state index in [1.807, 2.05) is 12.1 Å². The van der Waals surface area contributed by atoms with E-state index in [1.165, 1.54) is 44.5 Å². The Balaban J connectivity index is 1.47. The van der Waals surface area contributed by atoms with Crippen LogP contribution in [-0.4, -0.2) is 0 Å². The Hall–Kier alpha value is -6.25. The maximum absolute atomic E-state index is 6.63.